The van der Waals surface area contributed by atoms with Gasteiger partial charge in [0.1, 0.15) is 17.8 Å². The van der Waals surface area contributed by atoms with Gasteiger partial charge in [-0.15, -0.1) is 0 Å². The highest BCUT2D eigenvalue weighted by molar-refractivity contribution is 5.92. The molecule has 10 heteroatoms. The Bertz CT molecular complexity index is 746. The summed E-state index contributed by atoms with van der Waals surface area (Å²) in [5.41, 5.74) is 0.622. The average Bonchev–Trinajstić information content (AvgIpc) is 3.22. The molecule has 6 N–H and O–H groups in total. The van der Waals surface area contributed by atoms with E-state index in [0.717, 1.165) is 13.0 Å². The van der Waals surface area contributed by atoms with Gasteiger partial charge in [-0.25, -0.2) is 4.79 Å². The SMILES string of the molecule is CC(NC(=O)C1CCCN1)C(=O)NCC(=O)NC(Cc1ccc(O)cc1)C(=O)O. The van der Waals surface area contributed by atoms with E-state index in [0.29, 0.717) is 12.0 Å². The summed E-state index contributed by atoms with van der Waals surface area (Å²) in [4.78, 5) is 47.5. The van der Waals surface area contributed by atoms with Crippen LogP contribution in [-0.4, -0.2) is 65.1 Å². The number of benzene rings is 1. The van der Waals surface area contributed by atoms with E-state index < -0.39 is 36.4 Å². The molecule has 1 fully saturated rings. The van der Waals surface area contributed by atoms with Crippen LogP contribution in [0.5, 0.6) is 5.75 Å². The molecule has 1 heterocycles. The second-order valence-electron chi connectivity index (χ2n) is 6.93. The number of phenolic OH excluding ortho intramolecular Hbond substituents is 1. The van der Waals surface area contributed by atoms with Gasteiger partial charge in [-0.1, -0.05) is 12.1 Å². The van der Waals surface area contributed by atoms with Crippen LogP contribution in [-0.2, 0) is 25.6 Å². The van der Waals surface area contributed by atoms with Crippen molar-refractivity contribution in [3.05, 3.63) is 29.8 Å². The first kappa shape index (κ1) is 22.2. The standard InChI is InChI=1S/C19H26N4O6/c1-11(22-18(27)14-3-2-8-20-14)17(26)21-10-16(25)23-15(19(28)29)9-12-4-6-13(24)7-5-12/h4-7,11,14-15,20,24H,2-3,8-10H2,1H3,(H,21,26)(H,22,27)(H,23,25)(H,28,29). The van der Waals surface area contributed by atoms with Crippen molar-refractivity contribution in [2.45, 2.75) is 44.3 Å². The lowest BCUT2D eigenvalue weighted by atomic mass is 10.1. The monoisotopic (exact) mass is 406 g/mol. The van der Waals surface area contributed by atoms with Crippen LogP contribution >= 0.6 is 0 Å². The van der Waals surface area contributed by atoms with E-state index in [1.165, 1.54) is 19.1 Å². The summed E-state index contributed by atoms with van der Waals surface area (Å²) in [7, 11) is 0. The zero-order valence-electron chi connectivity index (χ0n) is 16.1. The van der Waals surface area contributed by atoms with Crippen LogP contribution in [0.15, 0.2) is 24.3 Å². The van der Waals surface area contributed by atoms with E-state index in [1.807, 2.05) is 0 Å². The van der Waals surface area contributed by atoms with Crippen molar-refractivity contribution in [2.24, 2.45) is 0 Å². The predicted octanol–water partition coefficient (Wildman–Crippen LogP) is -1.12. The number of hydrogen-bond donors (Lipinski definition) is 6. The quantitative estimate of drug-likeness (QED) is 0.303. The van der Waals surface area contributed by atoms with Gasteiger partial charge in [0.05, 0.1) is 12.6 Å². The fourth-order valence-electron chi connectivity index (χ4n) is 2.92. The van der Waals surface area contributed by atoms with Crippen LogP contribution in [0, 0.1) is 0 Å². The molecule has 1 aromatic carbocycles. The molecule has 0 bridgehead atoms. The van der Waals surface area contributed by atoms with Crippen molar-refractivity contribution < 1.29 is 29.4 Å². The first-order valence-electron chi connectivity index (χ1n) is 9.38. The molecule has 0 aromatic heterocycles. The molecule has 29 heavy (non-hydrogen) atoms. The second kappa shape index (κ2) is 10.4. The number of aromatic hydroxyl groups is 1. The summed E-state index contributed by atoms with van der Waals surface area (Å²) >= 11 is 0. The maximum atomic E-state index is 12.1. The molecule has 1 aliphatic heterocycles. The largest absolute Gasteiger partial charge is 0.508 e. The minimum absolute atomic E-state index is 0.0240. The van der Waals surface area contributed by atoms with Crippen molar-refractivity contribution in [3.63, 3.8) is 0 Å². The molecule has 158 valence electrons. The Balaban J connectivity index is 1.78. The minimum atomic E-state index is -1.22. The number of carbonyl (C=O) groups excluding carboxylic acids is 3. The van der Waals surface area contributed by atoms with Crippen LogP contribution in [0.25, 0.3) is 0 Å². The van der Waals surface area contributed by atoms with Gasteiger partial charge in [-0.2, -0.15) is 0 Å². The van der Waals surface area contributed by atoms with Gasteiger partial charge >= 0.3 is 5.97 Å². The molecule has 1 aromatic rings. The third-order valence-corrected chi connectivity index (χ3v) is 4.56. The number of carboxylic acids is 1. The Morgan fingerprint density at radius 3 is 2.45 bits per heavy atom. The molecule has 0 radical (unpaired) electrons. The van der Waals surface area contributed by atoms with Gasteiger partial charge in [-0.05, 0) is 44.0 Å². The number of phenols is 1. The number of carbonyl (C=O) groups is 4. The van der Waals surface area contributed by atoms with Crippen LogP contribution < -0.4 is 21.3 Å². The summed E-state index contributed by atoms with van der Waals surface area (Å²) in [6.45, 7) is 1.85. The fourth-order valence-corrected chi connectivity index (χ4v) is 2.92. The van der Waals surface area contributed by atoms with Gasteiger partial charge in [0.2, 0.25) is 17.7 Å². The highest BCUT2D eigenvalue weighted by atomic mass is 16.4. The number of aliphatic carboxylic acids is 1. The van der Waals surface area contributed by atoms with Crippen molar-refractivity contribution >= 4 is 23.7 Å². The third kappa shape index (κ3) is 7.07. The summed E-state index contributed by atoms with van der Waals surface area (Å²) in [5.74, 6) is -2.65. The number of rotatable bonds is 9. The smallest absolute Gasteiger partial charge is 0.326 e. The van der Waals surface area contributed by atoms with Gasteiger partial charge in [0.25, 0.3) is 0 Å². The molecule has 1 saturated heterocycles. The highest BCUT2D eigenvalue weighted by Crippen LogP contribution is 2.11. The summed E-state index contributed by atoms with van der Waals surface area (Å²) in [6.07, 6.45) is 1.63. The molecule has 3 amide bonds. The second-order valence-corrected chi connectivity index (χ2v) is 6.93. The van der Waals surface area contributed by atoms with E-state index in [1.54, 1.807) is 12.1 Å². The van der Waals surface area contributed by atoms with Crippen molar-refractivity contribution in [3.8, 4) is 5.75 Å². The fraction of sp³-hybridized carbons (Fsp3) is 0.474. The van der Waals surface area contributed by atoms with Crippen molar-refractivity contribution in [1.82, 2.24) is 21.3 Å². The van der Waals surface area contributed by atoms with Gasteiger partial charge in [0, 0.05) is 6.42 Å². The van der Waals surface area contributed by atoms with Crippen molar-refractivity contribution in [1.29, 1.82) is 0 Å². The number of hydrogen-bond acceptors (Lipinski definition) is 6. The Morgan fingerprint density at radius 2 is 1.86 bits per heavy atom. The zero-order valence-corrected chi connectivity index (χ0v) is 16.1. The van der Waals surface area contributed by atoms with Crippen LogP contribution in [0.4, 0.5) is 0 Å². The molecule has 0 spiro atoms. The minimum Gasteiger partial charge on any atom is -0.508 e. The highest BCUT2D eigenvalue weighted by Gasteiger charge is 2.25. The zero-order chi connectivity index (χ0) is 21.4. The summed E-state index contributed by atoms with van der Waals surface area (Å²) < 4.78 is 0. The van der Waals surface area contributed by atoms with Crippen LogP contribution in [0.3, 0.4) is 0 Å². The van der Waals surface area contributed by atoms with Gasteiger partial charge < -0.3 is 31.5 Å². The van der Waals surface area contributed by atoms with Gasteiger partial charge in [0.15, 0.2) is 0 Å². The molecule has 2 rings (SSSR count). The normalized spacial score (nSPS) is 17.8. The molecule has 0 aliphatic carbocycles. The molecule has 0 saturated carbocycles. The van der Waals surface area contributed by atoms with Gasteiger partial charge in [-0.3, -0.25) is 14.4 Å². The Kier molecular flexibility index (Phi) is 7.96. The van der Waals surface area contributed by atoms with E-state index in [4.69, 9.17) is 0 Å². The van der Waals surface area contributed by atoms with E-state index in [-0.39, 0.29) is 24.1 Å². The maximum Gasteiger partial charge on any atom is 0.326 e. The molecule has 10 nitrogen and oxygen atoms in total. The Hall–Kier alpha value is -3.14. The molecule has 3 atom stereocenters. The lowest BCUT2D eigenvalue weighted by Gasteiger charge is -2.18. The van der Waals surface area contributed by atoms with Crippen molar-refractivity contribution in [2.75, 3.05) is 13.1 Å². The number of amides is 3. The molecular weight excluding hydrogens is 380 g/mol. The number of nitrogens with one attached hydrogen (secondary N) is 4. The van der Waals surface area contributed by atoms with Crippen LogP contribution in [0.2, 0.25) is 0 Å². The summed E-state index contributed by atoms with van der Waals surface area (Å²) in [6, 6.07) is 3.63. The molecular formula is C19H26N4O6. The lowest BCUT2D eigenvalue weighted by molar-refractivity contribution is -0.141. The maximum absolute atomic E-state index is 12.1. The lowest BCUT2D eigenvalue weighted by Crippen LogP contribution is -2.52. The van der Waals surface area contributed by atoms with E-state index in [9.17, 15) is 29.4 Å². The molecule has 3 unspecified atom stereocenters. The van der Waals surface area contributed by atoms with E-state index in [2.05, 4.69) is 21.3 Å². The van der Waals surface area contributed by atoms with Crippen LogP contribution in [0.1, 0.15) is 25.3 Å². The average molecular weight is 406 g/mol. The Morgan fingerprint density at radius 1 is 1.17 bits per heavy atom. The topological polar surface area (TPSA) is 157 Å². The Labute approximate surface area is 168 Å². The summed E-state index contributed by atoms with van der Waals surface area (Å²) in [5, 5.41) is 28.9. The first-order valence-corrected chi connectivity index (χ1v) is 9.38. The number of carboxylic acid groups (broad SMARTS) is 1. The van der Waals surface area contributed by atoms with E-state index >= 15 is 0 Å². The predicted molar refractivity (Wildman–Crippen MR) is 103 cm³/mol. The molecule has 1 aliphatic rings. The first-order chi connectivity index (χ1) is 13.8. The third-order valence-electron chi connectivity index (χ3n) is 4.56.